The van der Waals surface area contributed by atoms with E-state index in [0.29, 0.717) is 11.8 Å². The molecule has 2 bridgehead atoms. The lowest BCUT2D eigenvalue weighted by Gasteiger charge is -2.51. The molecule has 0 nitrogen and oxygen atoms in total. The number of rotatable bonds is 0. The van der Waals surface area contributed by atoms with Crippen LogP contribution in [-0.2, 0) is 0 Å². The van der Waals surface area contributed by atoms with Crippen molar-refractivity contribution in [2.75, 3.05) is 0 Å². The van der Waals surface area contributed by atoms with Gasteiger partial charge < -0.3 is 0 Å². The van der Waals surface area contributed by atoms with Gasteiger partial charge in [-0.25, -0.2) is 0 Å². The van der Waals surface area contributed by atoms with E-state index in [4.69, 9.17) is 0 Å². The van der Waals surface area contributed by atoms with Crippen LogP contribution in [0.15, 0.2) is 12.1 Å². The van der Waals surface area contributed by atoms with Crippen molar-refractivity contribution in [1.29, 1.82) is 0 Å². The first-order chi connectivity index (χ1) is 11.3. The second-order valence-corrected chi connectivity index (χ2v) is 8.57. The van der Waals surface area contributed by atoms with E-state index in [1.165, 1.54) is 22.3 Å². The number of hydrogen-bond acceptors (Lipinski definition) is 0. The first kappa shape index (κ1) is 15.9. The number of benzene rings is 2. The molecular formula is C24H30. The predicted molar refractivity (Wildman–Crippen MR) is 103 cm³/mol. The van der Waals surface area contributed by atoms with Crippen molar-refractivity contribution in [3.8, 4) is 0 Å². The summed E-state index contributed by atoms with van der Waals surface area (Å²) in [5.74, 6) is 2.59. The molecule has 0 amide bonds. The summed E-state index contributed by atoms with van der Waals surface area (Å²) in [6, 6.07) is 5.01. The lowest BCUT2D eigenvalue weighted by molar-refractivity contribution is 0.269. The van der Waals surface area contributed by atoms with E-state index in [-0.39, 0.29) is 0 Å². The predicted octanol–water partition coefficient (Wildman–Crippen LogP) is 6.40. The third-order valence-corrected chi connectivity index (χ3v) is 7.66. The Morgan fingerprint density at radius 1 is 0.542 bits per heavy atom. The van der Waals surface area contributed by atoms with Crippen molar-refractivity contribution in [3.05, 3.63) is 67.8 Å². The van der Waals surface area contributed by atoms with E-state index in [1.807, 2.05) is 0 Å². The molecule has 2 unspecified atom stereocenters. The lowest BCUT2D eigenvalue weighted by Crippen LogP contribution is -2.39. The topological polar surface area (TPSA) is 0 Å². The summed E-state index contributed by atoms with van der Waals surface area (Å²) in [7, 11) is 0. The van der Waals surface area contributed by atoms with Crippen LogP contribution >= 0.6 is 0 Å². The minimum atomic E-state index is 0.575. The first-order valence-corrected chi connectivity index (χ1v) is 9.46. The van der Waals surface area contributed by atoms with Crippen LogP contribution in [-0.4, -0.2) is 0 Å². The molecule has 0 aromatic heterocycles. The van der Waals surface area contributed by atoms with E-state index in [2.05, 4.69) is 67.5 Å². The molecule has 0 saturated heterocycles. The van der Waals surface area contributed by atoms with Crippen molar-refractivity contribution in [2.45, 2.75) is 67.2 Å². The van der Waals surface area contributed by atoms with Gasteiger partial charge in [-0.3, -0.25) is 0 Å². The van der Waals surface area contributed by atoms with Gasteiger partial charge in [0.05, 0.1) is 0 Å². The zero-order valence-corrected chi connectivity index (χ0v) is 16.5. The first-order valence-electron chi connectivity index (χ1n) is 9.46. The molecule has 2 aromatic rings. The second-order valence-electron chi connectivity index (χ2n) is 8.57. The van der Waals surface area contributed by atoms with Gasteiger partial charge in [0.25, 0.3) is 0 Å². The highest BCUT2D eigenvalue weighted by atomic mass is 14.5. The van der Waals surface area contributed by atoms with Gasteiger partial charge in [0, 0.05) is 11.8 Å². The SMILES string of the molecule is Cc1cc2c(c(C)c1C)C1c3c(cc(C)c(C)c3C)C2C(C)C1C. The number of fused-ring (bicyclic) bond motifs is 1. The van der Waals surface area contributed by atoms with Crippen molar-refractivity contribution in [3.63, 3.8) is 0 Å². The molecular weight excluding hydrogens is 288 g/mol. The molecule has 2 atom stereocenters. The van der Waals surface area contributed by atoms with Crippen molar-refractivity contribution in [1.82, 2.24) is 0 Å². The fourth-order valence-electron chi connectivity index (χ4n) is 5.62. The summed E-state index contributed by atoms with van der Waals surface area (Å²) in [6.07, 6.45) is 0. The van der Waals surface area contributed by atoms with Crippen LogP contribution in [0.5, 0.6) is 0 Å². The van der Waals surface area contributed by atoms with Crippen molar-refractivity contribution in [2.24, 2.45) is 11.8 Å². The molecule has 3 aliphatic carbocycles. The van der Waals surface area contributed by atoms with Gasteiger partial charge in [-0.2, -0.15) is 0 Å². The molecule has 126 valence electrons. The van der Waals surface area contributed by atoms with E-state index in [9.17, 15) is 0 Å². The highest BCUT2D eigenvalue weighted by Gasteiger charge is 2.47. The molecule has 24 heavy (non-hydrogen) atoms. The maximum absolute atomic E-state index is 2.51. The summed E-state index contributed by atoms with van der Waals surface area (Å²) in [6.45, 7) is 18.8. The Morgan fingerprint density at radius 3 is 1.33 bits per heavy atom. The standard InChI is InChI=1S/C24H30/c1-11-9-19-21-17(7)18(8)24(22(19)15(5)13(11)3)23-16(6)14(4)12(2)10-20(21)23/h9-10,17-18,21,24H,1-8H3. The van der Waals surface area contributed by atoms with Crippen molar-refractivity contribution < 1.29 is 0 Å². The van der Waals surface area contributed by atoms with Crippen LogP contribution in [0.2, 0.25) is 0 Å². The van der Waals surface area contributed by atoms with Crippen LogP contribution in [0.4, 0.5) is 0 Å². The Bertz CT molecular complexity index is 803. The monoisotopic (exact) mass is 318 g/mol. The zero-order valence-electron chi connectivity index (χ0n) is 16.5. The van der Waals surface area contributed by atoms with Gasteiger partial charge in [0.2, 0.25) is 0 Å². The molecule has 0 spiro atoms. The molecule has 0 saturated carbocycles. The van der Waals surface area contributed by atoms with E-state index in [0.717, 1.165) is 11.8 Å². The van der Waals surface area contributed by atoms with Crippen LogP contribution in [0.25, 0.3) is 0 Å². The molecule has 5 rings (SSSR count). The van der Waals surface area contributed by atoms with Crippen LogP contribution in [0.3, 0.4) is 0 Å². The summed E-state index contributed by atoms with van der Waals surface area (Å²) >= 11 is 0. The summed E-state index contributed by atoms with van der Waals surface area (Å²) in [5, 5.41) is 0. The summed E-state index contributed by atoms with van der Waals surface area (Å²) < 4.78 is 0. The van der Waals surface area contributed by atoms with E-state index < -0.39 is 0 Å². The zero-order chi connectivity index (χ0) is 17.5. The molecule has 0 fully saturated rings. The maximum atomic E-state index is 2.51. The van der Waals surface area contributed by atoms with Gasteiger partial charge >= 0.3 is 0 Å². The van der Waals surface area contributed by atoms with Gasteiger partial charge in [-0.15, -0.1) is 0 Å². The van der Waals surface area contributed by atoms with Gasteiger partial charge in [0.1, 0.15) is 0 Å². The normalized spacial score (nSPS) is 27.2. The third-order valence-electron chi connectivity index (χ3n) is 7.66. The maximum Gasteiger partial charge on any atom is 0.0129 e. The molecule has 0 radical (unpaired) electrons. The minimum absolute atomic E-state index is 0.575. The Morgan fingerprint density at radius 2 is 0.917 bits per heavy atom. The number of aryl methyl sites for hydroxylation is 2. The van der Waals surface area contributed by atoms with E-state index >= 15 is 0 Å². The number of hydrogen-bond donors (Lipinski definition) is 0. The Balaban J connectivity index is 2.13. The second kappa shape index (κ2) is 4.97. The molecule has 0 heteroatoms. The molecule has 0 N–H and O–H groups in total. The Hall–Kier alpha value is -1.56. The summed E-state index contributed by atoms with van der Waals surface area (Å²) in [4.78, 5) is 0. The van der Waals surface area contributed by atoms with Gasteiger partial charge in [-0.1, -0.05) is 26.0 Å². The average Bonchev–Trinajstić information content (AvgIpc) is 2.54. The van der Waals surface area contributed by atoms with Crippen LogP contribution < -0.4 is 0 Å². The van der Waals surface area contributed by atoms with Gasteiger partial charge in [0.15, 0.2) is 0 Å². The molecule has 3 aliphatic rings. The fraction of sp³-hybridized carbons (Fsp3) is 0.500. The Kier molecular flexibility index (Phi) is 3.30. The van der Waals surface area contributed by atoms with Gasteiger partial charge in [-0.05, 0) is 109 Å². The Labute approximate surface area is 147 Å². The average molecular weight is 319 g/mol. The van der Waals surface area contributed by atoms with E-state index in [1.54, 1.807) is 33.4 Å². The molecule has 0 aliphatic heterocycles. The smallest absolute Gasteiger partial charge is 0.0129 e. The molecule has 0 heterocycles. The van der Waals surface area contributed by atoms with Crippen LogP contribution in [0.1, 0.15) is 81.3 Å². The van der Waals surface area contributed by atoms with Crippen LogP contribution in [0, 0.1) is 53.4 Å². The largest absolute Gasteiger partial charge is 0.0613 e. The molecule has 2 aromatic carbocycles. The minimum Gasteiger partial charge on any atom is -0.0613 e. The highest BCUT2D eigenvalue weighted by Crippen LogP contribution is 2.60. The van der Waals surface area contributed by atoms with Crippen molar-refractivity contribution >= 4 is 0 Å². The lowest BCUT2D eigenvalue weighted by atomic mass is 9.53. The summed E-state index contributed by atoms with van der Waals surface area (Å²) in [5.41, 5.74) is 15.6. The fourth-order valence-corrected chi connectivity index (χ4v) is 5.62. The highest BCUT2D eigenvalue weighted by molar-refractivity contribution is 5.64. The third kappa shape index (κ3) is 1.75. The quantitative estimate of drug-likeness (QED) is 0.527.